The van der Waals surface area contributed by atoms with Gasteiger partial charge < -0.3 is 5.73 Å². The van der Waals surface area contributed by atoms with Crippen LogP contribution in [0.3, 0.4) is 0 Å². The molecule has 2 N–H and O–H groups in total. The summed E-state index contributed by atoms with van der Waals surface area (Å²) < 4.78 is 0. The monoisotopic (exact) mass is 508 g/mol. The molecule has 3 rings (SSSR count). The number of aryl methyl sites for hydroxylation is 1. The summed E-state index contributed by atoms with van der Waals surface area (Å²) in [6.07, 6.45) is 11.2. The molecule has 0 aliphatic rings. The van der Waals surface area contributed by atoms with Crippen molar-refractivity contribution in [2.24, 2.45) is 0 Å². The van der Waals surface area contributed by atoms with Crippen LogP contribution in [0.2, 0.25) is 0 Å². The van der Waals surface area contributed by atoms with Gasteiger partial charge >= 0.3 is 0 Å². The molecule has 0 saturated carbocycles. The van der Waals surface area contributed by atoms with E-state index < -0.39 is 0 Å². The Morgan fingerprint density at radius 1 is 0.947 bits per heavy atom. The fourth-order valence-electron chi connectivity index (χ4n) is 3.94. The van der Waals surface area contributed by atoms with Crippen molar-refractivity contribution >= 4 is 11.8 Å². The smallest absolute Gasteiger partial charge is 0.0314 e. The molecule has 0 aliphatic carbocycles. The number of benzene rings is 3. The second-order valence-electron chi connectivity index (χ2n) is 9.74. The van der Waals surface area contributed by atoms with Crippen LogP contribution in [0.1, 0.15) is 61.4 Å². The summed E-state index contributed by atoms with van der Waals surface area (Å²) in [6.45, 7) is 20.2. The third-order valence-corrected chi connectivity index (χ3v) is 5.96. The van der Waals surface area contributed by atoms with E-state index in [0.29, 0.717) is 5.92 Å². The van der Waals surface area contributed by atoms with Crippen molar-refractivity contribution in [2.75, 3.05) is 19.3 Å². The van der Waals surface area contributed by atoms with E-state index in [2.05, 4.69) is 89.2 Å². The van der Waals surface area contributed by atoms with E-state index in [-0.39, 0.29) is 0 Å². The third-order valence-electron chi connectivity index (χ3n) is 5.96. The molecule has 0 unspecified atom stereocenters. The Bertz CT molecular complexity index is 1110. The van der Waals surface area contributed by atoms with Crippen LogP contribution in [0, 0.1) is 6.92 Å². The third kappa shape index (κ3) is 13.1. The standard InChI is InChI=1S/C21H31N.C8H8.C7H9N/c1-7-10-18(9-3)15-22(6)16-19-12-13-21(17(4)5)20(14-19)11-8-2;1-2-8-6-4-3-5-7-8;1-6-2-4-7(8)5-3-6/h7-10,12-14,17H,2,11,15-16H2,1,3-6H3;2-7H,1H2;2-5H,8H2,1H3/b10-7-,18-9+;;. The van der Waals surface area contributed by atoms with Crippen LogP contribution in [0.5, 0.6) is 0 Å². The summed E-state index contributed by atoms with van der Waals surface area (Å²) in [6, 6.07) is 24.7. The molecule has 2 heteroatoms. The molecular formula is C36H48N2. The van der Waals surface area contributed by atoms with Gasteiger partial charge in [-0.1, -0.05) is 117 Å². The van der Waals surface area contributed by atoms with Crippen molar-refractivity contribution in [1.82, 2.24) is 4.90 Å². The Hall–Kier alpha value is -3.62. The van der Waals surface area contributed by atoms with Crippen molar-refractivity contribution in [3.8, 4) is 0 Å². The number of rotatable bonds is 9. The minimum atomic E-state index is 0.561. The number of anilines is 1. The molecule has 0 bridgehead atoms. The van der Waals surface area contributed by atoms with Gasteiger partial charge in [0.25, 0.3) is 0 Å². The van der Waals surface area contributed by atoms with Gasteiger partial charge in [0.05, 0.1) is 0 Å². The van der Waals surface area contributed by atoms with Crippen LogP contribution < -0.4 is 5.73 Å². The molecule has 0 amide bonds. The van der Waals surface area contributed by atoms with Crippen molar-refractivity contribution in [3.63, 3.8) is 0 Å². The van der Waals surface area contributed by atoms with Crippen molar-refractivity contribution < 1.29 is 0 Å². The summed E-state index contributed by atoms with van der Waals surface area (Å²) in [5.74, 6) is 0.561. The van der Waals surface area contributed by atoms with Crippen LogP contribution >= 0.6 is 0 Å². The largest absolute Gasteiger partial charge is 0.399 e. The maximum atomic E-state index is 5.43. The first-order valence-electron chi connectivity index (χ1n) is 13.4. The molecule has 0 aliphatic heterocycles. The van der Waals surface area contributed by atoms with Crippen LogP contribution in [0.4, 0.5) is 5.69 Å². The fourth-order valence-corrected chi connectivity index (χ4v) is 3.94. The second-order valence-corrected chi connectivity index (χ2v) is 9.74. The maximum Gasteiger partial charge on any atom is 0.0314 e. The molecule has 0 saturated heterocycles. The zero-order valence-corrected chi connectivity index (χ0v) is 24.5. The predicted molar refractivity (Wildman–Crippen MR) is 171 cm³/mol. The van der Waals surface area contributed by atoms with Crippen molar-refractivity contribution in [1.29, 1.82) is 0 Å². The number of nitrogen functional groups attached to an aromatic ring is 1. The Morgan fingerprint density at radius 3 is 2.08 bits per heavy atom. The Kier molecular flexibility index (Phi) is 15.9. The average molecular weight is 509 g/mol. The minimum absolute atomic E-state index is 0.561. The quantitative estimate of drug-likeness (QED) is 0.177. The first kappa shape index (κ1) is 32.4. The first-order chi connectivity index (χ1) is 18.2. The Labute approximate surface area is 232 Å². The highest BCUT2D eigenvalue weighted by Crippen LogP contribution is 2.22. The molecule has 0 fully saturated rings. The highest BCUT2D eigenvalue weighted by molar-refractivity contribution is 5.45. The van der Waals surface area contributed by atoms with E-state index in [1.54, 1.807) is 0 Å². The van der Waals surface area contributed by atoms with Crippen LogP contribution in [0.25, 0.3) is 6.08 Å². The number of hydrogen-bond donors (Lipinski definition) is 1. The van der Waals surface area contributed by atoms with Gasteiger partial charge in [0, 0.05) is 18.8 Å². The van der Waals surface area contributed by atoms with Crippen LogP contribution in [-0.4, -0.2) is 18.5 Å². The number of hydrogen-bond acceptors (Lipinski definition) is 2. The summed E-state index contributed by atoms with van der Waals surface area (Å²) in [7, 11) is 2.18. The normalized spacial score (nSPS) is 11.0. The lowest BCUT2D eigenvalue weighted by Gasteiger charge is -2.19. The van der Waals surface area contributed by atoms with Gasteiger partial charge in [-0.15, -0.1) is 6.58 Å². The molecule has 38 heavy (non-hydrogen) atoms. The summed E-state index contributed by atoms with van der Waals surface area (Å²) in [5.41, 5.74) is 14.3. The van der Waals surface area contributed by atoms with Gasteiger partial charge in [-0.2, -0.15) is 0 Å². The lowest BCUT2D eigenvalue weighted by atomic mass is 9.93. The molecule has 0 atom stereocenters. The van der Waals surface area contributed by atoms with Crippen LogP contribution in [0.15, 0.2) is 116 Å². The van der Waals surface area contributed by atoms with Gasteiger partial charge in [-0.05, 0) is 80.1 Å². The maximum absolute atomic E-state index is 5.43. The zero-order valence-electron chi connectivity index (χ0n) is 24.5. The molecule has 0 radical (unpaired) electrons. The van der Waals surface area contributed by atoms with E-state index in [4.69, 9.17) is 5.73 Å². The SMILES string of the molecule is C=CCc1cc(CN(C)CC(/C=C\C)=C/C)ccc1C(C)C.C=Cc1ccccc1.Cc1ccc(N)cc1. The molecule has 3 aromatic rings. The molecule has 0 aromatic heterocycles. The van der Waals surface area contributed by atoms with E-state index >= 15 is 0 Å². The lowest BCUT2D eigenvalue weighted by molar-refractivity contribution is 0.357. The van der Waals surface area contributed by atoms with Gasteiger partial charge in [-0.3, -0.25) is 4.90 Å². The predicted octanol–water partition coefficient (Wildman–Crippen LogP) is 9.40. The highest BCUT2D eigenvalue weighted by Gasteiger charge is 2.08. The summed E-state index contributed by atoms with van der Waals surface area (Å²) >= 11 is 0. The molecule has 0 spiro atoms. The number of nitrogens with two attached hydrogens (primary N) is 1. The number of likely N-dealkylation sites (N-methyl/N-ethyl adjacent to an activating group) is 1. The fraction of sp³-hybridized carbons (Fsp3) is 0.278. The number of nitrogens with zero attached hydrogens (tertiary/aromatic N) is 1. The van der Waals surface area contributed by atoms with Gasteiger partial charge in [-0.25, -0.2) is 0 Å². The Morgan fingerprint density at radius 2 is 1.61 bits per heavy atom. The molecule has 0 heterocycles. The molecule has 2 nitrogen and oxygen atoms in total. The van der Waals surface area contributed by atoms with Crippen molar-refractivity contribution in [2.45, 2.75) is 53.5 Å². The van der Waals surface area contributed by atoms with E-state index in [1.807, 2.05) is 73.7 Å². The van der Waals surface area contributed by atoms with Gasteiger partial charge in [0.1, 0.15) is 0 Å². The molecular weight excluding hydrogens is 460 g/mol. The summed E-state index contributed by atoms with van der Waals surface area (Å²) in [4.78, 5) is 2.36. The first-order valence-corrected chi connectivity index (χ1v) is 13.4. The Balaban J connectivity index is 0.000000363. The van der Waals surface area contributed by atoms with Gasteiger partial charge in [0.15, 0.2) is 0 Å². The summed E-state index contributed by atoms with van der Waals surface area (Å²) in [5, 5.41) is 0. The lowest BCUT2D eigenvalue weighted by Crippen LogP contribution is -2.20. The van der Waals surface area contributed by atoms with E-state index in [1.165, 1.54) is 33.4 Å². The molecule has 3 aromatic carbocycles. The highest BCUT2D eigenvalue weighted by atomic mass is 15.1. The minimum Gasteiger partial charge on any atom is -0.399 e. The average Bonchev–Trinajstić information content (AvgIpc) is 2.91. The molecule has 202 valence electrons. The van der Waals surface area contributed by atoms with Crippen LogP contribution in [-0.2, 0) is 13.0 Å². The zero-order chi connectivity index (χ0) is 28.3. The topological polar surface area (TPSA) is 29.3 Å². The van der Waals surface area contributed by atoms with Gasteiger partial charge in [0.2, 0.25) is 0 Å². The number of allylic oxidation sites excluding steroid dienone is 3. The van der Waals surface area contributed by atoms with E-state index in [9.17, 15) is 0 Å². The second kappa shape index (κ2) is 18.6. The van der Waals surface area contributed by atoms with Crippen molar-refractivity contribution in [3.05, 3.63) is 144 Å². The van der Waals surface area contributed by atoms with E-state index in [0.717, 1.165) is 25.2 Å².